The molecular formula is C43H92N2O4. The van der Waals surface area contributed by atoms with Gasteiger partial charge in [0.1, 0.15) is 0 Å². The van der Waals surface area contributed by atoms with Crippen LogP contribution in [-0.2, 0) is 9.47 Å². The van der Waals surface area contributed by atoms with Gasteiger partial charge in [-0.05, 0) is 19.9 Å². The molecule has 0 aromatic rings. The first-order valence-electron chi connectivity index (χ1n) is 22.0. The van der Waals surface area contributed by atoms with E-state index in [0.29, 0.717) is 13.2 Å². The van der Waals surface area contributed by atoms with E-state index in [1.54, 1.807) is 0 Å². The van der Waals surface area contributed by atoms with Crippen LogP contribution in [0.3, 0.4) is 0 Å². The second kappa shape index (κ2) is 47.8. The van der Waals surface area contributed by atoms with Gasteiger partial charge in [-0.25, -0.2) is 0 Å². The number of ether oxygens (including phenoxy) is 2. The zero-order valence-electron chi connectivity index (χ0n) is 33.8. The predicted octanol–water partition coefficient (Wildman–Crippen LogP) is 11.4. The van der Waals surface area contributed by atoms with Crippen LogP contribution in [0.1, 0.15) is 219 Å². The largest absolute Gasteiger partial charge is 0.395 e. The van der Waals surface area contributed by atoms with Gasteiger partial charge < -0.3 is 30.7 Å². The highest BCUT2D eigenvalue weighted by Crippen LogP contribution is 2.15. The third kappa shape index (κ3) is 47.8. The molecule has 0 aliphatic carbocycles. The van der Waals surface area contributed by atoms with Gasteiger partial charge in [0, 0.05) is 13.2 Å². The average Bonchev–Trinajstić information content (AvgIpc) is 3.12. The summed E-state index contributed by atoms with van der Waals surface area (Å²) in [5.74, 6) is 0. The summed E-state index contributed by atoms with van der Waals surface area (Å²) < 4.78 is 11.0. The van der Waals surface area contributed by atoms with Crippen molar-refractivity contribution in [2.24, 2.45) is 5.73 Å². The van der Waals surface area contributed by atoms with Gasteiger partial charge in [0.2, 0.25) is 0 Å². The monoisotopic (exact) mass is 701 g/mol. The molecule has 0 aliphatic heterocycles. The Hall–Kier alpha value is -0.240. The molecule has 0 saturated carbocycles. The van der Waals surface area contributed by atoms with Crippen LogP contribution in [-0.4, -0.2) is 69.0 Å². The molecule has 0 aromatic heterocycles. The lowest BCUT2D eigenvalue weighted by Gasteiger charge is -2.13. The summed E-state index contributed by atoms with van der Waals surface area (Å²) in [6.45, 7) is 7.44. The lowest BCUT2D eigenvalue weighted by molar-refractivity contribution is 0.0887. The first-order valence-corrected chi connectivity index (χ1v) is 22.0. The molecule has 0 bridgehead atoms. The first kappa shape index (κ1) is 50.9. The Balaban J connectivity index is 0. The van der Waals surface area contributed by atoms with Gasteiger partial charge in [-0.15, -0.1) is 0 Å². The number of likely N-dealkylation sites (N-methyl/N-ethyl adjacent to an activating group) is 1. The van der Waals surface area contributed by atoms with E-state index in [0.717, 1.165) is 26.1 Å². The second-order valence-electron chi connectivity index (χ2n) is 14.9. The van der Waals surface area contributed by atoms with E-state index in [1.165, 1.54) is 193 Å². The molecule has 0 spiro atoms. The van der Waals surface area contributed by atoms with Crippen LogP contribution >= 0.6 is 0 Å². The number of hydrogen-bond acceptors (Lipinski definition) is 6. The fourth-order valence-electron chi connectivity index (χ4n) is 6.24. The van der Waals surface area contributed by atoms with Crippen molar-refractivity contribution < 1.29 is 19.7 Å². The molecular weight excluding hydrogens is 608 g/mol. The number of rotatable bonds is 41. The van der Waals surface area contributed by atoms with Crippen LogP contribution in [0.4, 0.5) is 0 Å². The maximum absolute atomic E-state index is 9.03. The number of unbranched alkanes of at least 4 members (excludes halogenated alkanes) is 30. The molecule has 49 heavy (non-hydrogen) atoms. The number of nitrogens with one attached hydrogen (secondary N) is 1. The van der Waals surface area contributed by atoms with Crippen LogP contribution in [0.2, 0.25) is 0 Å². The van der Waals surface area contributed by atoms with Crippen molar-refractivity contribution in [3.8, 4) is 0 Å². The normalized spacial score (nSPS) is 12.6. The molecule has 0 rings (SSSR count). The van der Waals surface area contributed by atoms with Crippen molar-refractivity contribution in [1.29, 1.82) is 0 Å². The molecule has 0 aromatic carbocycles. The Morgan fingerprint density at radius 2 is 0.673 bits per heavy atom. The number of aliphatic hydroxyl groups excluding tert-OH is 2. The number of nitrogens with two attached hydrogens (primary N) is 1. The molecule has 6 heteroatoms. The lowest BCUT2D eigenvalue weighted by atomic mass is 10.0. The highest BCUT2D eigenvalue weighted by molar-refractivity contribution is 4.60. The minimum absolute atomic E-state index is 0.0129. The van der Waals surface area contributed by atoms with Gasteiger partial charge >= 0.3 is 0 Å². The SMILES string of the molecule is CCCCCCCCCCCCCCCCCCOC[C@@H](N)CO.CCCCCCCCCCCCCCCCCCOC[C@H](CO)NC. The molecule has 0 radical (unpaired) electrons. The fraction of sp³-hybridized carbons (Fsp3) is 1.00. The molecule has 0 aliphatic rings. The van der Waals surface area contributed by atoms with Crippen LogP contribution in [0, 0.1) is 0 Å². The Labute approximate surface area is 308 Å². The molecule has 0 unspecified atom stereocenters. The maximum atomic E-state index is 9.03. The van der Waals surface area contributed by atoms with E-state index in [4.69, 9.17) is 25.4 Å². The molecule has 298 valence electrons. The van der Waals surface area contributed by atoms with Gasteiger partial charge in [0.25, 0.3) is 0 Å². The van der Waals surface area contributed by atoms with Gasteiger partial charge in [0.05, 0.1) is 38.5 Å². The average molecular weight is 701 g/mol. The topological polar surface area (TPSA) is 97.0 Å². The molecule has 5 N–H and O–H groups in total. The molecule has 0 fully saturated rings. The van der Waals surface area contributed by atoms with Crippen LogP contribution < -0.4 is 11.1 Å². The molecule has 0 saturated heterocycles. The summed E-state index contributed by atoms with van der Waals surface area (Å²) in [5, 5.41) is 20.8. The van der Waals surface area contributed by atoms with Crippen molar-refractivity contribution in [2.75, 3.05) is 46.7 Å². The summed E-state index contributed by atoms with van der Waals surface area (Å²) in [6.07, 6.45) is 44.6. The third-order valence-electron chi connectivity index (χ3n) is 9.80. The Kier molecular flexibility index (Phi) is 49.6. The molecule has 0 amide bonds. The predicted molar refractivity (Wildman–Crippen MR) is 216 cm³/mol. The minimum atomic E-state index is -0.217. The summed E-state index contributed by atoms with van der Waals surface area (Å²) in [6, 6.07) is -0.132. The molecule has 2 atom stereocenters. The first-order chi connectivity index (χ1) is 24.2. The van der Waals surface area contributed by atoms with E-state index in [1.807, 2.05) is 7.05 Å². The summed E-state index contributed by atoms with van der Waals surface area (Å²) in [4.78, 5) is 0. The quantitative estimate of drug-likeness (QED) is 0.0474. The van der Waals surface area contributed by atoms with E-state index >= 15 is 0 Å². The summed E-state index contributed by atoms with van der Waals surface area (Å²) in [7, 11) is 1.86. The summed E-state index contributed by atoms with van der Waals surface area (Å²) >= 11 is 0. The Morgan fingerprint density at radius 3 is 0.918 bits per heavy atom. The Bertz CT molecular complexity index is 550. The smallest absolute Gasteiger partial charge is 0.0641 e. The van der Waals surface area contributed by atoms with Crippen molar-refractivity contribution in [1.82, 2.24) is 5.32 Å². The maximum Gasteiger partial charge on any atom is 0.0641 e. The third-order valence-corrected chi connectivity index (χ3v) is 9.80. The van der Waals surface area contributed by atoms with Crippen LogP contribution in [0.5, 0.6) is 0 Å². The van der Waals surface area contributed by atoms with Gasteiger partial charge in [-0.1, -0.05) is 206 Å². The lowest BCUT2D eigenvalue weighted by Crippen LogP contribution is -2.33. The van der Waals surface area contributed by atoms with Gasteiger partial charge in [-0.2, -0.15) is 0 Å². The van der Waals surface area contributed by atoms with Crippen molar-refractivity contribution in [3.05, 3.63) is 0 Å². The highest BCUT2D eigenvalue weighted by Gasteiger charge is 2.03. The van der Waals surface area contributed by atoms with Crippen LogP contribution in [0.15, 0.2) is 0 Å². The van der Waals surface area contributed by atoms with E-state index in [2.05, 4.69) is 19.2 Å². The van der Waals surface area contributed by atoms with Crippen molar-refractivity contribution in [2.45, 2.75) is 231 Å². The second-order valence-corrected chi connectivity index (χ2v) is 14.9. The zero-order valence-corrected chi connectivity index (χ0v) is 33.8. The number of hydrogen-bond donors (Lipinski definition) is 4. The zero-order chi connectivity index (χ0) is 36.1. The Morgan fingerprint density at radius 1 is 0.408 bits per heavy atom. The molecule has 6 nitrogen and oxygen atoms in total. The van der Waals surface area contributed by atoms with Gasteiger partial charge in [0.15, 0.2) is 0 Å². The minimum Gasteiger partial charge on any atom is -0.395 e. The van der Waals surface area contributed by atoms with Gasteiger partial charge in [-0.3, -0.25) is 0 Å². The van der Waals surface area contributed by atoms with E-state index in [-0.39, 0.29) is 25.3 Å². The highest BCUT2D eigenvalue weighted by atomic mass is 16.5. The molecule has 0 heterocycles. The summed E-state index contributed by atoms with van der Waals surface area (Å²) in [5.41, 5.74) is 5.57. The fourth-order valence-corrected chi connectivity index (χ4v) is 6.24. The standard InChI is InChI=1S/C22H47NO2.C21H45NO2/c1-3-4-5-6-7-8-9-10-11-12-13-14-15-16-17-18-19-25-21-22(20-24)23-2;1-2-3-4-5-6-7-8-9-10-11-12-13-14-15-16-17-18-24-20-21(22)19-23/h22-24H,3-21H2,1-2H3;21,23H,2-20,22H2,1H3/t22-;21-/m00/s1. The number of aliphatic hydroxyl groups is 2. The van der Waals surface area contributed by atoms with Crippen molar-refractivity contribution in [3.63, 3.8) is 0 Å². The van der Waals surface area contributed by atoms with E-state index < -0.39 is 0 Å². The van der Waals surface area contributed by atoms with Crippen molar-refractivity contribution >= 4 is 0 Å². The van der Waals surface area contributed by atoms with E-state index in [9.17, 15) is 0 Å². The van der Waals surface area contributed by atoms with Crippen LogP contribution in [0.25, 0.3) is 0 Å².